The Morgan fingerprint density at radius 2 is 0.667 bits per heavy atom. The molecule has 45 heavy (non-hydrogen) atoms. The number of ether oxygens (including phenoxy) is 2. The molecule has 0 saturated carbocycles. The molecule has 6 heteroatoms. The molecule has 0 aliphatic heterocycles. The first kappa shape index (κ1) is 34.6. The van der Waals surface area contributed by atoms with Crippen molar-refractivity contribution in [1.82, 2.24) is 0 Å². The van der Waals surface area contributed by atoms with Crippen LogP contribution in [0.25, 0.3) is 11.1 Å². The van der Waals surface area contributed by atoms with Crippen LogP contribution < -0.4 is 41.3 Å². The van der Waals surface area contributed by atoms with E-state index in [-0.39, 0.29) is 7.43 Å². The van der Waals surface area contributed by atoms with E-state index < -0.39 is 15.8 Å². The van der Waals surface area contributed by atoms with Gasteiger partial charge in [-0.2, -0.15) is 0 Å². The van der Waals surface area contributed by atoms with Crippen LogP contribution in [0.3, 0.4) is 0 Å². The molecule has 0 radical (unpaired) electrons. The molecule has 0 amide bonds. The fourth-order valence-corrected chi connectivity index (χ4v) is 10.4. The van der Waals surface area contributed by atoms with Crippen LogP contribution in [-0.4, -0.2) is 14.2 Å². The predicted octanol–water partition coefficient (Wildman–Crippen LogP) is 8.02. The maximum absolute atomic E-state index is 6.17. The number of hydrogen-bond donors (Lipinski definition) is 0. The van der Waals surface area contributed by atoms with Crippen molar-refractivity contribution in [2.45, 2.75) is 0 Å². The molecular formula is C39H35ClO2P2Pt. The van der Waals surface area contributed by atoms with Crippen LogP contribution in [0.1, 0.15) is 0 Å². The first-order valence-corrected chi connectivity index (χ1v) is 19.6. The Labute approximate surface area is 285 Å². The van der Waals surface area contributed by atoms with Crippen LogP contribution in [0, 0.1) is 7.43 Å². The summed E-state index contributed by atoms with van der Waals surface area (Å²) in [6.45, 7) is 0. The van der Waals surface area contributed by atoms with Gasteiger partial charge in [-0.3, -0.25) is 0 Å². The van der Waals surface area contributed by atoms with E-state index in [2.05, 4.69) is 167 Å². The van der Waals surface area contributed by atoms with Gasteiger partial charge in [-0.05, 0) is 59.8 Å². The molecule has 2 nitrogen and oxygen atoms in total. The Morgan fingerprint density at radius 3 is 0.911 bits per heavy atom. The molecular weight excluding hydrogens is 793 g/mol. The molecule has 0 bridgehead atoms. The average Bonchev–Trinajstić information content (AvgIpc) is 3.11. The summed E-state index contributed by atoms with van der Waals surface area (Å²) in [5, 5.41) is 7.64. The van der Waals surface area contributed by atoms with Gasteiger partial charge in [-0.25, -0.2) is 0 Å². The normalized spacial score (nSPS) is 10.5. The number of hydrogen-bond acceptors (Lipinski definition) is 2. The summed E-state index contributed by atoms with van der Waals surface area (Å²) in [5.41, 5.74) is 2.18. The number of methoxy groups -OCH3 is 2. The molecule has 0 unspecified atom stereocenters. The van der Waals surface area contributed by atoms with E-state index in [1.807, 2.05) is 0 Å². The molecule has 0 atom stereocenters. The number of rotatable bonds is 9. The van der Waals surface area contributed by atoms with Crippen LogP contribution in [0.2, 0.25) is 0 Å². The van der Waals surface area contributed by atoms with Crippen LogP contribution in [0.5, 0.6) is 11.5 Å². The minimum atomic E-state index is -0.898. The Kier molecular flexibility index (Phi) is 13.4. The van der Waals surface area contributed by atoms with Crippen molar-refractivity contribution >= 4 is 57.1 Å². The molecule has 6 aromatic rings. The SMILES string of the molecule is COc1cccc(P(c2ccccc2)c2ccccc2)c1-c1c(OC)cccc1P(c1ccccc1)c1ccccc1.[CH3-].[Cl][Pt+]. The molecule has 0 aliphatic rings. The second-order valence-electron chi connectivity index (χ2n) is 9.72. The van der Waals surface area contributed by atoms with Crippen molar-refractivity contribution in [3.05, 3.63) is 165 Å². The van der Waals surface area contributed by atoms with Crippen LogP contribution in [0.4, 0.5) is 0 Å². The van der Waals surface area contributed by atoms with Gasteiger partial charge in [-0.1, -0.05) is 146 Å². The maximum atomic E-state index is 6.17. The predicted molar refractivity (Wildman–Crippen MR) is 195 cm³/mol. The first-order chi connectivity index (χ1) is 21.8. The average molecular weight is 828 g/mol. The van der Waals surface area contributed by atoms with Crippen molar-refractivity contribution in [2.24, 2.45) is 0 Å². The molecule has 0 N–H and O–H groups in total. The quantitative estimate of drug-likeness (QED) is 0.109. The van der Waals surface area contributed by atoms with E-state index in [0.29, 0.717) is 0 Å². The summed E-state index contributed by atoms with van der Waals surface area (Å²) in [4.78, 5) is 0. The molecule has 0 aromatic heterocycles. The van der Waals surface area contributed by atoms with Crippen LogP contribution in [-0.2, 0) is 18.8 Å². The van der Waals surface area contributed by atoms with Gasteiger partial charge >= 0.3 is 28.2 Å². The van der Waals surface area contributed by atoms with E-state index in [4.69, 9.17) is 9.47 Å². The molecule has 0 aliphatic carbocycles. The third kappa shape index (κ3) is 7.77. The molecule has 0 heterocycles. The Hall–Kier alpha value is -3.24. The fraction of sp³-hybridized carbons (Fsp3) is 0.0513. The monoisotopic (exact) mass is 827 g/mol. The molecule has 230 valence electrons. The van der Waals surface area contributed by atoms with E-state index in [9.17, 15) is 0 Å². The van der Waals surface area contributed by atoms with E-state index >= 15 is 0 Å². The Balaban J connectivity index is 0.00000151. The molecule has 6 rings (SSSR count). The van der Waals surface area contributed by atoms with Crippen LogP contribution >= 0.6 is 25.3 Å². The second kappa shape index (κ2) is 17.5. The van der Waals surface area contributed by atoms with Gasteiger partial charge in [0.05, 0.1) is 14.2 Å². The first-order valence-electron chi connectivity index (χ1n) is 14.1. The van der Waals surface area contributed by atoms with Gasteiger partial charge in [0, 0.05) is 11.1 Å². The molecule has 0 saturated heterocycles. The van der Waals surface area contributed by atoms with E-state index in [1.54, 1.807) is 33.0 Å². The summed E-state index contributed by atoms with van der Waals surface area (Å²) in [5.74, 6) is 1.68. The third-order valence-corrected chi connectivity index (χ3v) is 12.2. The Bertz CT molecular complexity index is 1540. The summed E-state index contributed by atoms with van der Waals surface area (Å²) >= 11 is 1.61. The van der Waals surface area contributed by atoms with Crippen molar-refractivity contribution in [3.63, 3.8) is 0 Å². The zero-order valence-electron chi connectivity index (χ0n) is 25.4. The summed E-state index contributed by atoms with van der Waals surface area (Å²) < 4.78 is 12.3. The number of halogens is 1. The van der Waals surface area contributed by atoms with Gasteiger partial charge in [0.15, 0.2) is 0 Å². The molecule has 6 aromatic carbocycles. The van der Waals surface area contributed by atoms with Gasteiger partial charge in [0.1, 0.15) is 11.5 Å². The second-order valence-corrected chi connectivity index (χ2v) is 14.1. The van der Waals surface area contributed by atoms with Gasteiger partial charge in [0.2, 0.25) is 0 Å². The fourth-order valence-electron chi connectivity index (χ4n) is 5.42. The standard InChI is InChI=1S/C38H32O2P2.CH3.ClH.Pt/c1-39-33-25-15-27-35(41(29-17-7-3-8-18-29)30-19-9-4-10-20-30)37(33)38-34(40-2)26-16-28-36(38)42(31-21-11-5-12-22-31)32-23-13-6-14-24-32;;;/h3-28H,1-2H3;1H3;1H;/q;-1;;+2/p-1. The zero-order chi connectivity index (χ0) is 30.7. The Morgan fingerprint density at radius 1 is 0.400 bits per heavy atom. The van der Waals surface area contributed by atoms with Crippen molar-refractivity contribution in [3.8, 4) is 22.6 Å². The van der Waals surface area contributed by atoms with Crippen molar-refractivity contribution < 1.29 is 28.2 Å². The van der Waals surface area contributed by atoms with E-state index in [1.165, 1.54) is 31.8 Å². The zero-order valence-corrected chi connectivity index (χ0v) is 30.2. The third-order valence-electron chi connectivity index (χ3n) is 7.24. The minimum absolute atomic E-state index is 0. The number of benzene rings is 6. The van der Waals surface area contributed by atoms with Crippen molar-refractivity contribution in [2.75, 3.05) is 14.2 Å². The molecule has 0 spiro atoms. The topological polar surface area (TPSA) is 18.5 Å². The summed E-state index contributed by atoms with van der Waals surface area (Å²) in [6, 6.07) is 56.2. The summed E-state index contributed by atoms with van der Waals surface area (Å²) in [7, 11) is 6.35. The van der Waals surface area contributed by atoms with Gasteiger partial charge in [0.25, 0.3) is 0 Å². The van der Waals surface area contributed by atoms with E-state index in [0.717, 1.165) is 22.6 Å². The summed E-state index contributed by atoms with van der Waals surface area (Å²) in [6.07, 6.45) is 0. The van der Waals surface area contributed by atoms with Crippen molar-refractivity contribution in [1.29, 1.82) is 0 Å². The van der Waals surface area contributed by atoms with Gasteiger partial charge in [-0.15, -0.1) is 0 Å². The molecule has 0 fully saturated rings. The van der Waals surface area contributed by atoms with Crippen LogP contribution in [0.15, 0.2) is 158 Å². The van der Waals surface area contributed by atoms with Gasteiger partial charge < -0.3 is 16.9 Å².